The van der Waals surface area contributed by atoms with Crippen molar-refractivity contribution in [1.82, 2.24) is 15.2 Å². The number of aromatic nitrogens is 1. The number of rotatable bonds is 4. The molecule has 2 atom stereocenters. The SMILES string of the molecule is CCOc1cc(-c2ccnc([C@@H]3CC[C@@]4(CCN(C)C4)N3)c2)c(F)cc1C. The van der Waals surface area contributed by atoms with Crippen LogP contribution in [-0.4, -0.2) is 42.2 Å². The van der Waals surface area contributed by atoms with E-state index in [9.17, 15) is 4.39 Å². The van der Waals surface area contributed by atoms with Gasteiger partial charge in [0, 0.05) is 23.8 Å². The molecule has 2 aliphatic heterocycles. The van der Waals surface area contributed by atoms with Crippen LogP contribution in [0.1, 0.15) is 43.5 Å². The van der Waals surface area contributed by atoms with Gasteiger partial charge in [0.15, 0.2) is 0 Å². The third-order valence-electron chi connectivity index (χ3n) is 5.95. The van der Waals surface area contributed by atoms with Crippen LogP contribution in [-0.2, 0) is 0 Å². The molecule has 1 spiro atoms. The van der Waals surface area contributed by atoms with E-state index in [2.05, 4.69) is 22.2 Å². The maximum absolute atomic E-state index is 14.7. The molecule has 1 aromatic heterocycles. The molecule has 2 aliphatic rings. The second kappa shape index (κ2) is 7.21. The van der Waals surface area contributed by atoms with Crippen LogP contribution in [0.3, 0.4) is 0 Å². The van der Waals surface area contributed by atoms with Crippen molar-refractivity contribution in [3.8, 4) is 16.9 Å². The van der Waals surface area contributed by atoms with Crippen molar-refractivity contribution in [2.24, 2.45) is 0 Å². The first kappa shape index (κ1) is 18.4. The first-order valence-corrected chi connectivity index (χ1v) is 9.85. The van der Waals surface area contributed by atoms with E-state index in [1.54, 1.807) is 12.3 Å². The van der Waals surface area contributed by atoms with E-state index >= 15 is 0 Å². The largest absolute Gasteiger partial charge is 0.494 e. The Morgan fingerprint density at radius 1 is 1.33 bits per heavy atom. The number of hydrogen-bond acceptors (Lipinski definition) is 4. The fraction of sp³-hybridized carbons (Fsp3) is 0.500. The summed E-state index contributed by atoms with van der Waals surface area (Å²) in [7, 11) is 2.18. The third kappa shape index (κ3) is 3.58. The van der Waals surface area contributed by atoms with Crippen molar-refractivity contribution in [1.29, 1.82) is 0 Å². The summed E-state index contributed by atoms with van der Waals surface area (Å²) in [6, 6.07) is 7.50. The first-order valence-electron chi connectivity index (χ1n) is 9.85. The second-order valence-corrected chi connectivity index (χ2v) is 8.00. The molecule has 4 nitrogen and oxygen atoms in total. The van der Waals surface area contributed by atoms with Gasteiger partial charge in [-0.15, -0.1) is 0 Å². The van der Waals surface area contributed by atoms with Crippen LogP contribution >= 0.6 is 0 Å². The number of aryl methyl sites for hydroxylation is 1. The fourth-order valence-electron chi connectivity index (χ4n) is 4.55. The zero-order chi connectivity index (χ0) is 19.0. The highest BCUT2D eigenvalue weighted by Gasteiger charge is 2.43. The lowest BCUT2D eigenvalue weighted by Crippen LogP contribution is -2.42. The van der Waals surface area contributed by atoms with Gasteiger partial charge < -0.3 is 15.0 Å². The molecular formula is C22H28FN3O. The van der Waals surface area contributed by atoms with Gasteiger partial charge >= 0.3 is 0 Å². The van der Waals surface area contributed by atoms with Crippen LogP contribution in [0.4, 0.5) is 4.39 Å². The molecule has 1 N–H and O–H groups in total. The number of nitrogens with one attached hydrogen (secondary N) is 1. The Balaban J connectivity index is 1.61. The summed E-state index contributed by atoms with van der Waals surface area (Å²) in [5.41, 5.74) is 3.45. The number of likely N-dealkylation sites (N-methyl/N-ethyl adjacent to an activating group) is 1. The average Bonchev–Trinajstić information content (AvgIpc) is 3.23. The highest BCUT2D eigenvalue weighted by atomic mass is 19.1. The minimum atomic E-state index is -0.221. The van der Waals surface area contributed by atoms with E-state index in [0.717, 1.165) is 42.1 Å². The van der Waals surface area contributed by atoms with Crippen molar-refractivity contribution in [3.63, 3.8) is 0 Å². The predicted molar refractivity (Wildman–Crippen MR) is 105 cm³/mol. The van der Waals surface area contributed by atoms with E-state index in [-0.39, 0.29) is 17.4 Å². The zero-order valence-electron chi connectivity index (χ0n) is 16.4. The quantitative estimate of drug-likeness (QED) is 0.881. The molecule has 2 fully saturated rings. The number of likely N-dealkylation sites (tertiary alicyclic amines) is 1. The molecule has 0 aliphatic carbocycles. The Labute approximate surface area is 160 Å². The number of hydrogen-bond donors (Lipinski definition) is 1. The first-order chi connectivity index (χ1) is 13.0. The van der Waals surface area contributed by atoms with Crippen molar-refractivity contribution in [3.05, 3.63) is 47.5 Å². The maximum atomic E-state index is 14.7. The Hall–Kier alpha value is -1.98. The molecule has 0 bridgehead atoms. The molecule has 0 unspecified atom stereocenters. The Bertz CT molecular complexity index is 840. The molecule has 27 heavy (non-hydrogen) atoms. The smallest absolute Gasteiger partial charge is 0.131 e. The van der Waals surface area contributed by atoms with Crippen LogP contribution in [0.2, 0.25) is 0 Å². The minimum absolute atomic E-state index is 0.217. The zero-order valence-corrected chi connectivity index (χ0v) is 16.4. The van der Waals surface area contributed by atoms with Gasteiger partial charge in [-0.05, 0) is 82.1 Å². The number of halogens is 1. The number of nitrogens with zero attached hydrogens (tertiary/aromatic N) is 2. The summed E-state index contributed by atoms with van der Waals surface area (Å²) < 4.78 is 20.3. The van der Waals surface area contributed by atoms with E-state index in [4.69, 9.17) is 4.74 Å². The van der Waals surface area contributed by atoms with E-state index in [1.165, 1.54) is 12.8 Å². The fourth-order valence-corrected chi connectivity index (χ4v) is 4.55. The normalized spacial score (nSPS) is 25.4. The van der Waals surface area contributed by atoms with Crippen molar-refractivity contribution >= 4 is 0 Å². The summed E-state index contributed by atoms with van der Waals surface area (Å²) in [6.45, 7) is 6.61. The molecule has 5 heteroatoms. The van der Waals surface area contributed by atoms with E-state index in [0.29, 0.717) is 12.2 Å². The van der Waals surface area contributed by atoms with Gasteiger partial charge in [0.25, 0.3) is 0 Å². The average molecular weight is 369 g/mol. The van der Waals surface area contributed by atoms with Crippen LogP contribution < -0.4 is 10.1 Å². The van der Waals surface area contributed by atoms with Crippen LogP contribution in [0, 0.1) is 12.7 Å². The summed E-state index contributed by atoms with van der Waals surface area (Å²) >= 11 is 0. The topological polar surface area (TPSA) is 37.4 Å². The third-order valence-corrected chi connectivity index (χ3v) is 5.95. The van der Waals surface area contributed by atoms with Gasteiger partial charge in [0.1, 0.15) is 11.6 Å². The van der Waals surface area contributed by atoms with Gasteiger partial charge in [-0.2, -0.15) is 0 Å². The van der Waals surface area contributed by atoms with E-state index in [1.807, 2.05) is 32.0 Å². The van der Waals surface area contributed by atoms with E-state index < -0.39 is 0 Å². The van der Waals surface area contributed by atoms with Gasteiger partial charge in [-0.3, -0.25) is 4.98 Å². The van der Waals surface area contributed by atoms with Crippen molar-refractivity contribution in [2.45, 2.75) is 44.7 Å². The Morgan fingerprint density at radius 3 is 2.93 bits per heavy atom. The molecule has 0 saturated carbocycles. The highest BCUT2D eigenvalue weighted by Crippen LogP contribution is 2.38. The Kier molecular flexibility index (Phi) is 4.91. The molecule has 2 saturated heterocycles. The van der Waals surface area contributed by atoms with Gasteiger partial charge in [0.05, 0.1) is 18.3 Å². The monoisotopic (exact) mass is 369 g/mol. The summed E-state index contributed by atoms with van der Waals surface area (Å²) in [4.78, 5) is 6.98. The van der Waals surface area contributed by atoms with Gasteiger partial charge in [-0.25, -0.2) is 4.39 Å². The van der Waals surface area contributed by atoms with Gasteiger partial charge in [-0.1, -0.05) is 0 Å². The molecule has 1 aromatic carbocycles. The Morgan fingerprint density at radius 2 is 2.19 bits per heavy atom. The molecule has 0 amide bonds. The molecule has 3 heterocycles. The van der Waals surface area contributed by atoms with Crippen LogP contribution in [0.5, 0.6) is 5.75 Å². The lowest BCUT2D eigenvalue weighted by atomic mass is 9.97. The predicted octanol–water partition coefficient (Wildman–Crippen LogP) is 4.09. The van der Waals surface area contributed by atoms with Gasteiger partial charge in [0.2, 0.25) is 0 Å². The van der Waals surface area contributed by atoms with Crippen molar-refractivity contribution < 1.29 is 9.13 Å². The molecule has 2 aromatic rings. The summed E-state index contributed by atoms with van der Waals surface area (Å²) in [5.74, 6) is 0.514. The second-order valence-electron chi connectivity index (χ2n) is 8.00. The molecule has 4 rings (SSSR count). The number of benzene rings is 1. The van der Waals surface area contributed by atoms with Crippen LogP contribution in [0.15, 0.2) is 30.5 Å². The summed E-state index contributed by atoms with van der Waals surface area (Å²) in [5, 5.41) is 3.82. The molecule has 0 radical (unpaired) electrons. The molecule has 144 valence electrons. The molecular weight excluding hydrogens is 341 g/mol. The standard InChI is InChI=1S/C22H28FN3O/c1-4-27-21-13-17(18(23)11-15(21)2)16-6-9-24-20(12-16)19-5-7-22(25-19)8-10-26(3)14-22/h6,9,11-13,19,25H,4-5,7-8,10,14H2,1-3H3/t19-,22-/m0/s1. The maximum Gasteiger partial charge on any atom is 0.131 e. The van der Waals surface area contributed by atoms with Crippen molar-refractivity contribution in [2.75, 3.05) is 26.7 Å². The number of ether oxygens (including phenoxy) is 1. The lowest BCUT2D eigenvalue weighted by Gasteiger charge is -2.25. The number of pyridine rings is 1. The minimum Gasteiger partial charge on any atom is -0.494 e. The van der Waals surface area contributed by atoms with Crippen LogP contribution in [0.25, 0.3) is 11.1 Å². The lowest BCUT2D eigenvalue weighted by molar-refractivity contribution is 0.333. The summed E-state index contributed by atoms with van der Waals surface area (Å²) in [6.07, 6.45) is 5.22. The highest BCUT2D eigenvalue weighted by molar-refractivity contribution is 5.67.